The van der Waals surface area contributed by atoms with Crippen molar-refractivity contribution in [3.63, 3.8) is 0 Å². The van der Waals surface area contributed by atoms with Crippen LogP contribution in [0.25, 0.3) is 0 Å². The number of methoxy groups -OCH3 is 1. The standard InChI is InChI=1S/C18H26N2O5S/c1-3-13-4-6-14(7-5-13)19(15-8-9-15)26(23,24)16-10-11-18(25-2)17(12-16)20(21)22/h10-15H,3-9H2,1-2H3. The van der Waals surface area contributed by atoms with Crippen molar-refractivity contribution >= 4 is 15.7 Å². The summed E-state index contributed by atoms with van der Waals surface area (Å²) in [5.41, 5.74) is -0.320. The third-order valence-corrected chi connectivity index (χ3v) is 7.58. The van der Waals surface area contributed by atoms with Gasteiger partial charge in [0.1, 0.15) is 0 Å². The number of rotatable bonds is 7. The van der Waals surface area contributed by atoms with Crippen LogP contribution in [0.5, 0.6) is 5.75 Å². The number of ether oxygens (including phenoxy) is 1. The van der Waals surface area contributed by atoms with E-state index in [0.29, 0.717) is 5.92 Å². The predicted molar refractivity (Wildman–Crippen MR) is 97.7 cm³/mol. The van der Waals surface area contributed by atoms with Crippen LogP contribution in [-0.4, -0.2) is 36.8 Å². The Labute approximate surface area is 154 Å². The molecule has 0 radical (unpaired) electrons. The van der Waals surface area contributed by atoms with Gasteiger partial charge in [0.05, 0.1) is 16.9 Å². The average Bonchev–Trinajstić information content (AvgIpc) is 3.46. The highest BCUT2D eigenvalue weighted by atomic mass is 32.2. The zero-order valence-electron chi connectivity index (χ0n) is 15.3. The molecule has 2 saturated carbocycles. The van der Waals surface area contributed by atoms with Gasteiger partial charge in [0, 0.05) is 18.2 Å². The summed E-state index contributed by atoms with van der Waals surface area (Å²) in [6.07, 6.45) is 6.69. The van der Waals surface area contributed by atoms with Crippen molar-refractivity contribution in [1.29, 1.82) is 0 Å². The molecular weight excluding hydrogens is 356 g/mol. The van der Waals surface area contributed by atoms with E-state index < -0.39 is 14.9 Å². The molecule has 2 fully saturated rings. The quantitative estimate of drug-likeness (QED) is 0.529. The second-order valence-corrected chi connectivity index (χ2v) is 9.08. The lowest BCUT2D eigenvalue weighted by molar-refractivity contribution is -0.386. The summed E-state index contributed by atoms with van der Waals surface area (Å²) in [6.45, 7) is 2.18. The molecule has 0 aromatic heterocycles. The maximum atomic E-state index is 13.3. The van der Waals surface area contributed by atoms with Crippen LogP contribution in [-0.2, 0) is 10.0 Å². The molecule has 144 valence electrons. The van der Waals surface area contributed by atoms with Crippen molar-refractivity contribution in [1.82, 2.24) is 4.31 Å². The Bertz CT molecular complexity index is 768. The largest absolute Gasteiger partial charge is 0.490 e. The number of nitro groups is 1. The van der Waals surface area contributed by atoms with Crippen LogP contribution in [0.2, 0.25) is 0 Å². The van der Waals surface area contributed by atoms with Crippen molar-refractivity contribution in [2.75, 3.05) is 7.11 Å². The summed E-state index contributed by atoms with van der Waals surface area (Å²) in [6, 6.07) is 3.93. The molecule has 0 atom stereocenters. The van der Waals surface area contributed by atoms with Crippen molar-refractivity contribution in [3.8, 4) is 5.75 Å². The summed E-state index contributed by atoms with van der Waals surface area (Å²) in [7, 11) is -2.44. The highest BCUT2D eigenvalue weighted by molar-refractivity contribution is 7.89. The molecule has 0 aliphatic heterocycles. The Kier molecular flexibility index (Phi) is 5.53. The minimum atomic E-state index is -3.77. The number of benzene rings is 1. The molecule has 2 aliphatic rings. The lowest BCUT2D eigenvalue weighted by atomic mass is 9.84. The first kappa shape index (κ1) is 19.1. The molecule has 1 aromatic rings. The SMILES string of the molecule is CCC1CCC(N(C2CC2)S(=O)(=O)c2ccc(OC)c([N+](=O)[O-])c2)CC1. The first-order valence-electron chi connectivity index (χ1n) is 9.24. The Morgan fingerprint density at radius 1 is 1.15 bits per heavy atom. The Morgan fingerprint density at radius 2 is 1.73 bits per heavy atom. The molecule has 0 amide bonds. The van der Waals surface area contributed by atoms with E-state index in [1.54, 1.807) is 4.31 Å². The van der Waals surface area contributed by atoms with E-state index in [1.807, 2.05) is 0 Å². The zero-order chi connectivity index (χ0) is 18.9. The van der Waals surface area contributed by atoms with Crippen LogP contribution in [0.1, 0.15) is 51.9 Å². The van der Waals surface area contributed by atoms with Gasteiger partial charge in [-0.15, -0.1) is 0 Å². The minimum Gasteiger partial charge on any atom is -0.490 e. The van der Waals surface area contributed by atoms with Gasteiger partial charge in [0.25, 0.3) is 0 Å². The van der Waals surface area contributed by atoms with Crippen LogP contribution in [0.4, 0.5) is 5.69 Å². The van der Waals surface area contributed by atoms with Gasteiger partial charge in [-0.25, -0.2) is 8.42 Å². The highest BCUT2D eigenvalue weighted by Gasteiger charge is 2.43. The third-order valence-electron chi connectivity index (χ3n) is 5.58. The minimum absolute atomic E-state index is 0.00328. The van der Waals surface area contributed by atoms with Gasteiger partial charge in [-0.1, -0.05) is 13.3 Å². The molecule has 0 bridgehead atoms. The topological polar surface area (TPSA) is 89.8 Å². The van der Waals surface area contributed by atoms with Crippen molar-refractivity contribution < 1.29 is 18.1 Å². The molecule has 0 unspecified atom stereocenters. The third kappa shape index (κ3) is 3.71. The van der Waals surface area contributed by atoms with Crippen LogP contribution in [0.3, 0.4) is 0 Å². The Hall–Kier alpha value is -1.67. The number of hydrogen-bond donors (Lipinski definition) is 0. The monoisotopic (exact) mass is 382 g/mol. The van der Waals surface area contributed by atoms with Gasteiger partial charge in [0.15, 0.2) is 5.75 Å². The van der Waals surface area contributed by atoms with Gasteiger partial charge in [-0.05, 0) is 56.6 Å². The van der Waals surface area contributed by atoms with E-state index in [1.165, 1.54) is 19.2 Å². The average molecular weight is 382 g/mol. The first-order valence-corrected chi connectivity index (χ1v) is 10.7. The summed E-state index contributed by atoms with van der Waals surface area (Å²) in [4.78, 5) is 10.6. The van der Waals surface area contributed by atoms with Crippen LogP contribution < -0.4 is 4.74 Å². The van der Waals surface area contributed by atoms with Crippen molar-refractivity contribution in [2.24, 2.45) is 5.92 Å². The molecule has 8 heteroatoms. The van der Waals surface area contributed by atoms with Crippen LogP contribution >= 0.6 is 0 Å². The fourth-order valence-corrected chi connectivity index (χ4v) is 5.87. The molecule has 7 nitrogen and oxygen atoms in total. The van der Waals surface area contributed by atoms with E-state index in [-0.39, 0.29) is 28.4 Å². The molecule has 3 rings (SSSR count). The van der Waals surface area contributed by atoms with E-state index >= 15 is 0 Å². The van der Waals surface area contributed by atoms with Gasteiger partial charge in [-0.2, -0.15) is 4.31 Å². The van der Waals surface area contributed by atoms with E-state index in [0.717, 1.165) is 51.0 Å². The van der Waals surface area contributed by atoms with Gasteiger partial charge < -0.3 is 4.74 Å². The molecule has 0 heterocycles. The molecule has 2 aliphatic carbocycles. The molecule has 1 aromatic carbocycles. The second kappa shape index (κ2) is 7.52. The lowest BCUT2D eigenvalue weighted by Crippen LogP contribution is -2.43. The molecule has 0 spiro atoms. The van der Waals surface area contributed by atoms with Gasteiger partial charge >= 0.3 is 5.69 Å². The van der Waals surface area contributed by atoms with Crippen LogP contribution in [0, 0.1) is 16.0 Å². The Balaban J connectivity index is 1.92. The zero-order valence-corrected chi connectivity index (χ0v) is 16.1. The molecule has 0 N–H and O–H groups in total. The Morgan fingerprint density at radius 3 is 2.19 bits per heavy atom. The molecular formula is C18H26N2O5S. The maximum absolute atomic E-state index is 13.3. The van der Waals surface area contributed by atoms with Gasteiger partial charge in [0.2, 0.25) is 10.0 Å². The summed E-state index contributed by atoms with van der Waals surface area (Å²) >= 11 is 0. The normalized spacial score (nSPS) is 23.8. The maximum Gasteiger partial charge on any atom is 0.312 e. The number of hydrogen-bond acceptors (Lipinski definition) is 5. The molecule has 26 heavy (non-hydrogen) atoms. The fraction of sp³-hybridized carbons (Fsp3) is 0.667. The first-order chi connectivity index (χ1) is 12.4. The van der Waals surface area contributed by atoms with Crippen LogP contribution in [0.15, 0.2) is 23.1 Å². The van der Waals surface area contributed by atoms with E-state index in [2.05, 4.69) is 6.92 Å². The summed E-state index contributed by atoms with van der Waals surface area (Å²) < 4.78 is 33.2. The van der Waals surface area contributed by atoms with Crippen molar-refractivity contribution in [3.05, 3.63) is 28.3 Å². The molecule has 0 saturated heterocycles. The highest BCUT2D eigenvalue weighted by Crippen LogP contribution is 2.40. The number of sulfonamides is 1. The second-order valence-electron chi connectivity index (χ2n) is 7.24. The van der Waals surface area contributed by atoms with E-state index in [9.17, 15) is 18.5 Å². The van der Waals surface area contributed by atoms with Gasteiger partial charge in [-0.3, -0.25) is 10.1 Å². The fourth-order valence-electron chi connectivity index (χ4n) is 3.92. The predicted octanol–water partition coefficient (Wildman–Crippen LogP) is 3.73. The van der Waals surface area contributed by atoms with E-state index in [4.69, 9.17) is 4.74 Å². The summed E-state index contributed by atoms with van der Waals surface area (Å²) in [5, 5.41) is 11.3. The number of nitrogens with zero attached hydrogens (tertiary/aromatic N) is 2. The summed E-state index contributed by atoms with van der Waals surface area (Å²) in [5.74, 6) is 0.743. The smallest absolute Gasteiger partial charge is 0.312 e. The lowest BCUT2D eigenvalue weighted by Gasteiger charge is -2.36. The number of nitro benzene ring substituents is 1. The van der Waals surface area contributed by atoms with Crippen molar-refractivity contribution in [2.45, 2.75) is 68.8 Å².